The maximum atomic E-state index is 12.2. The Hall–Kier alpha value is -1.38. The van der Waals surface area contributed by atoms with Gasteiger partial charge in [-0.1, -0.05) is 6.92 Å². The average Bonchev–Trinajstić information content (AvgIpc) is 2.91. The molecule has 7 nitrogen and oxygen atoms in total. The van der Waals surface area contributed by atoms with Gasteiger partial charge in [0.05, 0.1) is 0 Å². The summed E-state index contributed by atoms with van der Waals surface area (Å²) in [5.41, 5.74) is -0.202. The zero-order valence-electron chi connectivity index (χ0n) is 12.2. The first kappa shape index (κ1) is 16.0. The van der Waals surface area contributed by atoms with Gasteiger partial charge >= 0.3 is 5.97 Å². The third kappa shape index (κ3) is 3.84. The number of aromatic carboxylic acids is 1. The van der Waals surface area contributed by atoms with E-state index in [0.717, 1.165) is 32.0 Å². The first-order valence-electron chi connectivity index (χ1n) is 6.82. The molecule has 21 heavy (non-hydrogen) atoms. The summed E-state index contributed by atoms with van der Waals surface area (Å²) in [6.45, 7) is 4.33. The minimum absolute atomic E-state index is 0.0450. The van der Waals surface area contributed by atoms with E-state index < -0.39 is 16.0 Å². The molecule has 2 rings (SSSR count). The topological polar surface area (TPSA) is 103 Å². The van der Waals surface area contributed by atoms with E-state index in [4.69, 9.17) is 5.11 Å². The lowest BCUT2D eigenvalue weighted by Crippen LogP contribution is -2.43. The second-order valence-corrected chi connectivity index (χ2v) is 7.76. The molecule has 2 heterocycles. The van der Waals surface area contributed by atoms with Crippen LogP contribution in [0.5, 0.6) is 0 Å². The van der Waals surface area contributed by atoms with Gasteiger partial charge in [0.2, 0.25) is 10.0 Å². The standard InChI is InChI=1S/C13H21N3O4S/c1-13(3-5-16(2)6-4-13)9-15-21(19,20)10-7-11(12(17)18)14-8-10/h7-8,14-15H,3-6,9H2,1-2H3,(H,17,18). The van der Waals surface area contributed by atoms with Gasteiger partial charge in [0.15, 0.2) is 0 Å². The summed E-state index contributed by atoms with van der Waals surface area (Å²) >= 11 is 0. The molecule has 3 N–H and O–H groups in total. The fourth-order valence-electron chi connectivity index (χ4n) is 2.34. The average molecular weight is 315 g/mol. The summed E-state index contributed by atoms with van der Waals surface area (Å²) in [5.74, 6) is -1.18. The third-order valence-corrected chi connectivity index (χ3v) is 5.46. The van der Waals surface area contributed by atoms with Crippen LogP contribution in [0.25, 0.3) is 0 Å². The van der Waals surface area contributed by atoms with Crippen LogP contribution in [0, 0.1) is 5.41 Å². The quantitative estimate of drug-likeness (QED) is 0.743. The van der Waals surface area contributed by atoms with E-state index in [2.05, 4.69) is 28.6 Å². The Labute approximate surface area is 124 Å². The normalized spacial score (nSPS) is 19.5. The molecule has 1 aromatic rings. The Morgan fingerprint density at radius 2 is 2.10 bits per heavy atom. The molecule has 1 saturated heterocycles. The van der Waals surface area contributed by atoms with Crippen molar-refractivity contribution in [3.63, 3.8) is 0 Å². The zero-order chi connectivity index (χ0) is 15.7. The van der Waals surface area contributed by atoms with Gasteiger partial charge in [0.25, 0.3) is 0 Å². The highest BCUT2D eigenvalue weighted by atomic mass is 32.2. The molecule has 0 unspecified atom stereocenters. The number of carbonyl (C=O) groups is 1. The lowest BCUT2D eigenvalue weighted by Gasteiger charge is -2.37. The van der Waals surface area contributed by atoms with Crippen molar-refractivity contribution >= 4 is 16.0 Å². The monoisotopic (exact) mass is 315 g/mol. The fourth-order valence-corrected chi connectivity index (χ4v) is 3.53. The summed E-state index contributed by atoms with van der Waals surface area (Å²) in [5, 5.41) is 8.81. The number of aromatic amines is 1. The number of rotatable bonds is 5. The van der Waals surface area contributed by atoms with Gasteiger partial charge in [-0.15, -0.1) is 0 Å². The Morgan fingerprint density at radius 3 is 2.62 bits per heavy atom. The fraction of sp³-hybridized carbons (Fsp3) is 0.615. The van der Waals surface area contributed by atoms with Crippen molar-refractivity contribution in [1.29, 1.82) is 0 Å². The highest BCUT2D eigenvalue weighted by Crippen LogP contribution is 2.29. The largest absolute Gasteiger partial charge is 0.477 e. The molecule has 0 aliphatic carbocycles. The van der Waals surface area contributed by atoms with Gasteiger partial charge in [-0.3, -0.25) is 0 Å². The number of aromatic nitrogens is 1. The first-order chi connectivity index (χ1) is 9.72. The van der Waals surface area contributed by atoms with E-state index in [9.17, 15) is 13.2 Å². The number of hydrogen-bond donors (Lipinski definition) is 3. The van der Waals surface area contributed by atoms with Crippen LogP contribution in [-0.4, -0.2) is 56.1 Å². The number of carboxylic acid groups (broad SMARTS) is 1. The minimum atomic E-state index is -3.68. The lowest BCUT2D eigenvalue weighted by atomic mass is 9.81. The lowest BCUT2D eigenvalue weighted by molar-refractivity contribution is 0.0691. The summed E-state index contributed by atoms with van der Waals surface area (Å²) in [6.07, 6.45) is 3.06. The molecule has 0 aromatic carbocycles. The molecule has 0 saturated carbocycles. The Kier molecular flexibility index (Phi) is 4.40. The van der Waals surface area contributed by atoms with E-state index in [1.54, 1.807) is 0 Å². The molecule has 0 spiro atoms. The smallest absolute Gasteiger partial charge is 0.352 e. The molecule has 1 fully saturated rings. The second kappa shape index (κ2) is 5.78. The molecule has 8 heteroatoms. The SMILES string of the molecule is CN1CCC(C)(CNS(=O)(=O)c2c[nH]c(C(=O)O)c2)CC1. The Bertz CT molecular complexity index is 615. The van der Waals surface area contributed by atoms with Crippen molar-refractivity contribution in [2.45, 2.75) is 24.7 Å². The summed E-state index contributed by atoms with van der Waals surface area (Å²) < 4.78 is 27.0. The third-order valence-electron chi connectivity index (χ3n) is 4.08. The maximum absolute atomic E-state index is 12.2. The van der Waals surface area contributed by atoms with E-state index in [0.29, 0.717) is 6.54 Å². The van der Waals surface area contributed by atoms with Gasteiger partial charge < -0.3 is 15.0 Å². The Morgan fingerprint density at radius 1 is 1.48 bits per heavy atom. The first-order valence-corrected chi connectivity index (χ1v) is 8.30. The van der Waals surface area contributed by atoms with E-state index >= 15 is 0 Å². The highest BCUT2D eigenvalue weighted by Gasteiger charge is 2.30. The number of sulfonamides is 1. The molecular formula is C13H21N3O4S. The highest BCUT2D eigenvalue weighted by molar-refractivity contribution is 7.89. The predicted molar refractivity (Wildman–Crippen MR) is 77.8 cm³/mol. The second-order valence-electron chi connectivity index (χ2n) is 5.99. The number of nitrogens with zero attached hydrogens (tertiary/aromatic N) is 1. The number of carboxylic acids is 1. The molecule has 0 bridgehead atoms. The van der Waals surface area contributed by atoms with Crippen molar-refractivity contribution in [2.24, 2.45) is 5.41 Å². The van der Waals surface area contributed by atoms with Crippen LogP contribution in [0.1, 0.15) is 30.3 Å². The zero-order valence-corrected chi connectivity index (χ0v) is 13.0. The molecule has 118 valence electrons. The minimum Gasteiger partial charge on any atom is -0.477 e. The number of piperidine rings is 1. The van der Waals surface area contributed by atoms with Crippen LogP contribution >= 0.6 is 0 Å². The maximum Gasteiger partial charge on any atom is 0.352 e. The summed E-state index contributed by atoms with van der Waals surface area (Å²) in [4.78, 5) is 15.4. The number of H-pyrrole nitrogens is 1. The summed E-state index contributed by atoms with van der Waals surface area (Å²) in [6, 6.07) is 1.13. The van der Waals surface area contributed by atoms with Crippen molar-refractivity contribution in [2.75, 3.05) is 26.7 Å². The van der Waals surface area contributed by atoms with E-state index in [1.807, 2.05) is 0 Å². The van der Waals surface area contributed by atoms with Crippen molar-refractivity contribution in [3.8, 4) is 0 Å². The van der Waals surface area contributed by atoms with Crippen LogP contribution in [-0.2, 0) is 10.0 Å². The molecule has 0 amide bonds. The van der Waals surface area contributed by atoms with Gasteiger partial charge in [-0.05, 0) is 44.5 Å². The Balaban J connectivity index is 2.02. The van der Waals surface area contributed by atoms with Gasteiger partial charge in [-0.25, -0.2) is 17.9 Å². The molecule has 1 aromatic heterocycles. The number of hydrogen-bond acceptors (Lipinski definition) is 4. The van der Waals surface area contributed by atoms with Crippen molar-refractivity contribution in [3.05, 3.63) is 18.0 Å². The van der Waals surface area contributed by atoms with Crippen LogP contribution in [0.4, 0.5) is 0 Å². The van der Waals surface area contributed by atoms with Crippen molar-refractivity contribution in [1.82, 2.24) is 14.6 Å². The number of nitrogens with one attached hydrogen (secondary N) is 2. The van der Waals surface area contributed by atoms with Gasteiger partial charge in [-0.2, -0.15) is 0 Å². The summed E-state index contributed by atoms with van der Waals surface area (Å²) in [7, 11) is -1.63. The molecular weight excluding hydrogens is 294 g/mol. The van der Waals surface area contributed by atoms with Crippen LogP contribution in [0.3, 0.4) is 0 Å². The van der Waals surface area contributed by atoms with Crippen LogP contribution in [0.15, 0.2) is 17.2 Å². The van der Waals surface area contributed by atoms with Crippen LogP contribution in [0.2, 0.25) is 0 Å². The van der Waals surface area contributed by atoms with Crippen LogP contribution < -0.4 is 4.72 Å². The number of likely N-dealkylation sites (tertiary alicyclic amines) is 1. The van der Waals surface area contributed by atoms with E-state index in [-0.39, 0.29) is 16.0 Å². The molecule has 0 atom stereocenters. The predicted octanol–water partition coefficient (Wildman–Crippen LogP) is 0.723. The van der Waals surface area contributed by atoms with Gasteiger partial charge in [0.1, 0.15) is 10.6 Å². The molecule has 1 aliphatic heterocycles. The van der Waals surface area contributed by atoms with Crippen molar-refractivity contribution < 1.29 is 18.3 Å². The molecule has 0 radical (unpaired) electrons. The van der Waals surface area contributed by atoms with E-state index in [1.165, 1.54) is 6.20 Å². The van der Waals surface area contributed by atoms with Gasteiger partial charge in [0, 0.05) is 12.7 Å². The molecule has 1 aliphatic rings.